The summed E-state index contributed by atoms with van der Waals surface area (Å²) in [5.74, 6) is -0.0471. The van der Waals surface area contributed by atoms with E-state index in [4.69, 9.17) is 5.73 Å². The van der Waals surface area contributed by atoms with Crippen LogP contribution in [-0.4, -0.2) is 35.8 Å². The summed E-state index contributed by atoms with van der Waals surface area (Å²) in [5.41, 5.74) is 7.16. The molecule has 1 fully saturated rings. The maximum atomic E-state index is 12.5. The second-order valence-electron chi connectivity index (χ2n) is 6.54. The molecule has 1 saturated heterocycles. The Bertz CT molecular complexity index is 532. The number of nitrogens with zero attached hydrogens (tertiary/aromatic N) is 1. The first kappa shape index (κ1) is 17.5. The number of rotatable bonds is 4. The van der Waals surface area contributed by atoms with Crippen LogP contribution in [0.25, 0.3) is 0 Å². The summed E-state index contributed by atoms with van der Waals surface area (Å²) in [6.07, 6.45) is 4.55. The van der Waals surface area contributed by atoms with Crippen LogP contribution in [0.15, 0.2) is 24.3 Å². The molecule has 0 aromatic heterocycles. The van der Waals surface area contributed by atoms with Crippen molar-refractivity contribution in [3.8, 4) is 0 Å². The van der Waals surface area contributed by atoms with E-state index in [0.717, 1.165) is 25.9 Å². The molecule has 23 heavy (non-hydrogen) atoms. The van der Waals surface area contributed by atoms with E-state index in [1.807, 2.05) is 18.7 Å². The highest BCUT2D eigenvalue weighted by Crippen LogP contribution is 2.16. The lowest BCUT2D eigenvalue weighted by Gasteiger charge is -2.20. The van der Waals surface area contributed by atoms with E-state index in [1.165, 1.54) is 12.8 Å². The van der Waals surface area contributed by atoms with Gasteiger partial charge in [-0.05, 0) is 43.0 Å². The highest BCUT2D eigenvalue weighted by Gasteiger charge is 2.19. The first-order valence-corrected chi connectivity index (χ1v) is 8.45. The fraction of sp³-hybridized carbons (Fsp3) is 0.556. The highest BCUT2D eigenvalue weighted by atomic mass is 16.2. The second-order valence-corrected chi connectivity index (χ2v) is 6.54. The number of amides is 2. The molecule has 0 saturated carbocycles. The normalized spacial score (nSPS) is 16.8. The summed E-state index contributed by atoms with van der Waals surface area (Å²) < 4.78 is 0. The third-order valence-corrected chi connectivity index (χ3v) is 4.31. The SMILES string of the molecule is CC(C)[C@H](N)C(=O)Nc1ccc(C(=O)N2CCCCCC2)cc1. The summed E-state index contributed by atoms with van der Waals surface area (Å²) >= 11 is 0. The van der Waals surface area contributed by atoms with Crippen molar-refractivity contribution in [3.63, 3.8) is 0 Å². The molecule has 3 N–H and O–H groups in total. The van der Waals surface area contributed by atoms with Gasteiger partial charge in [-0.15, -0.1) is 0 Å². The van der Waals surface area contributed by atoms with Gasteiger partial charge in [0.25, 0.3) is 5.91 Å². The third kappa shape index (κ3) is 4.79. The molecular formula is C18H27N3O2. The van der Waals surface area contributed by atoms with Crippen LogP contribution in [0.3, 0.4) is 0 Å². The molecule has 5 heteroatoms. The van der Waals surface area contributed by atoms with Crippen molar-refractivity contribution in [2.24, 2.45) is 11.7 Å². The fourth-order valence-electron chi connectivity index (χ4n) is 2.68. The monoisotopic (exact) mass is 317 g/mol. The first-order valence-electron chi connectivity index (χ1n) is 8.45. The minimum absolute atomic E-state index is 0.0728. The number of hydrogen-bond acceptors (Lipinski definition) is 3. The number of benzene rings is 1. The zero-order valence-electron chi connectivity index (χ0n) is 14.0. The molecule has 5 nitrogen and oxygen atoms in total. The highest BCUT2D eigenvalue weighted by molar-refractivity contribution is 5.97. The van der Waals surface area contributed by atoms with E-state index in [9.17, 15) is 9.59 Å². The summed E-state index contributed by atoms with van der Waals surface area (Å²) in [4.78, 5) is 26.4. The third-order valence-electron chi connectivity index (χ3n) is 4.31. The van der Waals surface area contributed by atoms with Crippen molar-refractivity contribution in [1.29, 1.82) is 0 Å². The second kappa shape index (κ2) is 8.11. The van der Waals surface area contributed by atoms with Gasteiger partial charge in [0.15, 0.2) is 0 Å². The quantitative estimate of drug-likeness (QED) is 0.896. The Morgan fingerprint density at radius 3 is 2.13 bits per heavy atom. The Morgan fingerprint density at radius 1 is 1.04 bits per heavy atom. The van der Waals surface area contributed by atoms with Crippen molar-refractivity contribution in [3.05, 3.63) is 29.8 Å². The average Bonchev–Trinajstić information content (AvgIpc) is 2.83. The molecule has 1 aromatic carbocycles. The van der Waals surface area contributed by atoms with Gasteiger partial charge in [0.2, 0.25) is 5.91 Å². The molecular weight excluding hydrogens is 290 g/mol. The van der Waals surface area contributed by atoms with Crippen LogP contribution in [0, 0.1) is 5.92 Å². The standard InChI is InChI=1S/C18H27N3O2/c1-13(2)16(19)17(22)20-15-9-7-14(8-10-15)18(23)21-11-5-3-4-6-12-21/h7-10,13,16H,3-6,11-12,19H2,1-2H3,(H,20,22)/t16-/m0/s1. The van der Waals surface area contributed by atoms with Gasteiger partial charge < -0.3 is 16.0 Å². The van der Waals surface area contributed by atoms with Crippen molar-refractivity contribution < 1.29 is 9.59 Å². The van der Waals surface area contributed by atoms with Crippen molar-refractivity contribution in [1.82, 2.24) is 4.90 Å². The number of hydrogen-bond donors (Lipinski definition) is 2. The smallest absolute Gasteiger partial charge is 0.253 e. The maximum absolute atomic E-state index is 12.5. The lowest BCUT2D eigenvalue weighted by Crippen LogP contribution is -2.39. The Kier molecular flexibility index (Phi) is 6.16. The number of anilines is 1. The van der Waals surface area contributed by atoms with E-state index >= 15 is 0 Å². The number of carbonyl (C=O) groups is 2. The Balaban J connectivity index is 1.98. The van der Waals surface area contributed by atoms with E-state index in [-0.39, 0.29) is 17.7 Å². The largest absolute Gasteiger partial charge is 0.339 e. The van der Waals surface area contributed by atoms with Crippen LogP contribution in [0.5, 0.6) is 0 Å². The molecule has 1 heterocycles. The molecule has 0 unspecified atom stereocenters. The summed E-state index contributed by atoms with van der Waals surface area (Å²) in [5, 5.41) is 2.79. The summed E-state index contributed by atoms with van der Waals surface area (Å²) in [6, 6.07) is 6.52. The number of carbonyl (C=O) groups excluding carboxylic acids is 2. The number of nitrogens with two attached hydrogens (primary N) is 1. The molecule has 126 valence electrons. The molecule has 2 rings (SSSR count). The van der Waals surface area contributed by atoms with Gasteiger partial charge in [0.05, 0.1) is 6.04 Å². The molecule has 0 radical (unpaired) electrons. The summed E-state index contributed by atoms with van der Waals surface area (Å²) in [6.45, 7) is 5.49. The molecule has 1 aliphatic heterocycles. The van der Waals surface area contributed by atoms with Gasteiger partial charge in [0, 0.05) is 24.3 Å². The molecule has 0 bridgehead atoms. The van der Waals surface area contributed by atoms with E-state index < -0.39 is 6.04 Å². The Labute approximate surface area is 138 Å². The van der Waals surface area contributed by atoms with Crippen LogP contribution < -0.4 is 11.1 Å². The van der Waals surface area contributed by atoms with Gasteiger partial charge in [-0.2, -0.15) is 0 Å². The van der Waals surface area contributed by atoms with Crippen LogP contribution in [0.2, 0.25) is 0 Å². The minimum Gasteiger partial charge on any atom is -0.339 e. The van der Waals surface area contributed by atoms with Crippen LogP contribution in [-0.2, 0) is 4.79 Å². The van der Waals surface area contributed by atoms with Gasteiger partial charge in [-0.3, -0.25) is 9.59 Å². The zero-order valence-corrected chi connectivity index (χ0v) is 14.0. The van der Waals surface area contributed by atoms with E-state index in [0.29, 0.717) is 11.3 Å². The molecule has 1 aliphatic rings. The number of nitrogens with one attached hydrogen (secondary N) is 1. The lowest BCUT2D eigenvalue weighted by atomic mass is 10.0. The fourth-order valence-corrected chi connectivity index (χ4v) is 2.68. The van der Waals surface area contributed by atoms with Gasteiger partial charge in [0.1, 0.15) is 0 Å². The van der Waals surface area contributed by atoms with Crippen LogP contribution in [0.4, 0.5) is 5.69 Å². The van der Waals surface area contributed by atoms with E-state index in [2.05, 4.69) is 5.32 Å². The van der Waals surface area contributed by atoms with Crippen LogP contribution in [0.1, 0.15) is 49.9 Å². The molecule has 1 atom stereocenters. The summed E-state index contributed by atoms with van der Waals surface area (Å²) in [7, 11) is 0. The number of likely N-dealkylation sites (tertiary alicyclic amines) is 1. The maximum Gasteiger partial charge on any atom is 0.253 e. The lowest BCUT2D eigenvalue weighted by molar-refractivity contribution is -0.118. The predicted molar refractivity (Wildman–Crippen MR) is 92.3 cm³/mol. The zero-order chi connectivity index (χ0) is 16.8. The Hall–Kier alpha value is -1.88. The van der Waals surface area contributed by atoms with Crippen molar-refractivity contribution >= 4 is 17.5 Å². The van der Waals surface area contributed by atoms with Crippen molar-refractivity contribution in [2.45, 2.75) is 45.6 Å². The topological polar surface area (TPSA) is 75.4 Å². The molecule has 0 aliphatic carbocycles. The predicted octanol–water partition coefficient (Wildman–Crippen LogP) is 2.62. The van der Waals surface area contributed by atoms with Gasteiger partial charge in [-0.25, -0.2) is 0 Å². The molecule has 2 amide bonds. The Morgan fingerprint density at radius 2 is 1.61 bits per heavy atom. The van der Waals surface area contributed by atoms with E-state index in [1.54, 1.807) is 24.3 Å². The van der Waals surface area contributed by atoms with Crippen LogP contribution >= 0.6 is 0 Å². The van der Waals surface area contributed by atoms with Crippen molar-refractivity contribution in [2.75, 3.05) is 18.4 Å². The van der Waals surface area contributed by atoms with Gasteiger partial charge in [-0.1, -0.05) is 26.7 Å². The van der Waals surface area contributed by atoms with Gasteiger partial charge >= 0.3 is 0 Å². The average molecular weight is 317 g/mol. The molecule has 1 aromatic rings. The minimum atomic E-state index is -0.534. The molecule has 0 spiro atoms. The first-order chi connectivity index (χ1) is 11.0.